The third kappa shape index (κ3) is 1.29. The number of fused-ring (bicyclic) bond motifs is 1. The molecule has 14 heavy (non-hydrogen) atoms. The van der Waals surface area contributed by atoms with E-state index in [-0.39, 0.29) is 12.4 Å². The average molecular weight is 208 g/mol. The second-order valence-electron chi connectivity index (χ2n) is 2.96. The van der Waals surface area contributed by atoms with Crippen LogP contribution >= 0.6 is 11.3 Å². The number of thiophene rings is 1. The number of aromatic hydroxyl groups is 1. The molecule has 0 saturated carbocycles. The van der Waals surface area contributed by atoms with Gasteiger partial charge in [-0.15, -0.1) is 11.3 Å². The number of hydrogen-bond acceptors (Lipinski definition) is 4. The molecule has 0 radical (unpaired) electrons. The van der Waals surface area contributed by atoms with Gasteiger partial charge in [-0.2, -0.15) is 0 Å². The zero-order valence-electron chi connectivity index (χ0n) is 7.23. The summed E-state index contributed by atoms with van der Waals surface area (Å²) in [5, 5.41) is 20.6. The van der Waals surface area contributed by atoms with Crippen molar-refractivity contribution < 1.29 is 15.0 Å². The van der Waals surface area contributed by atoms with Crippen LogP contribution in [0, 0.1) is 0 Å². The van der Waals surface area contributed by atoms with Crippen molar-refractivity contribution in [3.63, 3.8) is 0 Å². The van der Waals surface area contributed by atoms with E-state index in [4.69, 9.17) is 5.11 Å². The zero-order valence-corrected chi connectivity index (χ0v) is 8.04. The molecular formula is C10H8O3S. The van der Waals surface area contributed by atoms with Crippen molar-refractivity contribution in [3.8, 4) is 5.75 Å². The Bertz CT molecular complexity index is 487. The Kier molecular flexibility index (Phi) is 2.23. The van der Waals surface area contributed by atoms with Gasteiger partial charge in [0.15, 0.2) is 6.29 Å². The summed E-state index contributed by atoms with van der Waals surface area (Å²) in [7, 11) is 0. The molecule has 2 aromatic rings. The zero-order chi connectivity index (χ0) is 10.1. The number of aldehydes is 1. The summed E-state index contributed by atoms with van der Waals surface area (Å²) in [6, 6.07) is 3.32. The lowest BCUT2D eigenvalue weighted by Crippen LogP contribution is -1.87. The highest BCUT2D eigenvalue weighted by molar-refractivity contribution is 7.18. The highest BCUT2D eigenvalue weighted by Crippen LogP contribution is 2.34. The summed E-state index contributed by atoms with van der Waals surface area (Å²) >= 11 is 1.32. The predicted octanol–water partition coefficient (Wildman–Crippen LogP) is 1.91. The predicted molar refractivity (Wildman–Crippen MR) is 54.8 cm³/mol. The SMILES string of the molecule is O=Cc1cc(CO)cc2c(O)csc12. The van der Waals surface area contributed by atoms with Crippen LogP contribution in [0.15, 0.2) is 17.5 Å². The van der Waals surface area contributed by atoms with Crippen LogP contribution in [-0.4, -0.2) is 16.5 Å². The normalized spacial score (nSPS) is 10.6. The first kappa shape index (κ1) is 9.18. The van der Waals surface area contributed by atoms with Crippen molar-refractivity contribution in [2.75, 3.05) is 0 Å². The van der Waals surface area contributed by atoms with E-state index < -0.39 is 0 Å². The molecule has 0 fully saturated rings. The van der Waals surface area contributed by atoms with Gasteiger partial charge in [-0.3, -0.25) is 4.79 Å². The molecule has 1 aromatic carbocycles. The van der Waals surface area contributed by atoms with E-state index in [9.17, 15) is 9.90 Å². The minimum absolute atomic E-state index is 0.133. The summed E-state index contributed by atoms with van der Waals surface area (Å²) < 4.78 is 0.759. The molecular weight excluding hydrogens is 200 g/mol. The summed E-state index contributed by atoms with van der Waals surface area (Å²) in [5.41, 5.74) is 1.14. The minimum Gasteiger partial charge on any atom is -0.506 e. The van der Waals surface area contributed by atoms with Crippen molar-refractivity contribution in [1.29, 1.82) is 0 Å². The van der Waals surface area contributed by atoms with Crippen molar-refractivity contribution in [2.45, 2.75) is 6.61 Å². The Hall–Kier alpha value is -1.39. The van der Waals surface area contributed by atoms with E-state index in [0.717, 1.165) is 11.0 Å². The number of hydrogen-bond donors (Lipinski definition) is 2. The van der Waals surface area contributed by atoms with Crippen LogP contribution in [0.3, 0.4) is 0 Å². The molecule has 1 aromatic heterocycles. The van der Waals surface area contributed by atoms with Crippen LogP contribution in [0.1, 0.15) is 15.9 Å². The quantitative estimate of drug-likeness (QED) is 0.741. The van der Waals surface area contributed by atoms with Gasteiger partial charge in [0.25, 0.3) is 0 Å². The van der Waals surface area contributed by atoms with Crippen molar-refractivity contribution in [2.24, 2.45) is 0 Å². The molecule has 0 bridgehead atoms. The van der Waals surface area contributed by atoms with E-state index in [2.05, 4.69) is 0 Å². The lowest BCUT2D eigenvalue weighted by atomic mass is 10.1. The molecule has 72 valence electrons. The van der Waals surface area contributed by atoms with E-state index in [1.807, 2.05) is 0 Å². The topological polar surface area (TPSA) is 57.5 Å². The van der Waals surface area contributed by atoms with Gasteiger partial charge in [0.2, 0.25) is 0 Å². The summed E-state index contributed by atoms with van der Waals surface area (Å²) in [5.74, 6) is 0.156. The van der Waals surface area contributed by atoms with Gasteiger partial charge >= 0.3 is 0 Å². The van der Waals surface area contributed by atoms with Crippen LogP contribution in [0.25, 0.3) is 10.1 Å². The fourth-order valence-corrected chi connectivity index (χ4v) is 2.28. The molecule has 1 heterocycles. The molecule has 4 heteroatoms. The summed E-state index contributed by atoms with van der Waals surface area (Å²) in [6.45, 7) is -0.133. The Morgan fingerprint density at radius 2 is 2.21 bits per heavy atom. The highest BCUT2D eigenvalue weighted by Gasteiger charge is 2.08. The molecule has 3 nitrogen and oxygen atoms in total. The maximum atomic E-state index is 10.7. The van der Waals surface area contributed by atoms with Crippen molar-refractivity contribution in [3.05, 3.63) is 28.6 Å². The molecule has 0 aliphatic heterocycles. The highest BCUT2D eigenvalue weighted by atomic mass is 32.1. The van der Waals surface area contributed by atoms with E-state index >= 15 is 0 Å². The first-order valence-corrected chi connectivity index (χ1v) is 4.93. The summed E-state index contributed by atoms with van der Waals surface area (Å²) in [6.07, 6.45) is 0.734. The second-order valence-corrected chi connectivity index (χ2v) is 3.84. The first-order valence-electron chi connectivity index (χ1n) is 4.05. The van der Waals surface area contributed by atoms with Crippen LogP contribution in [0.5, 0.6) is 5.75 Å². The standard InChI is InChI=1S/C10H8O3S/c11-3-6-1-7(4-12)10-8(2-6)9(13)5-14-10/h1-2,4-5,11,13H,3H2. The number of rotatable bonds is 2. The fraction of sp³-hybridized carbons (Fsp3) is 0.100. The van der Waals surface area contributed by atoms with Crippen LogP contribution in [-0.2, 0) is 6.61 Å². The third-order valence-electron chi connectivity index (χ3n) is 2.05. The smallest absolute Gasteiger partial charge is 0.151 e. The third-order valence-corrected chi connectivity index (χ3v) is 3.08. The molecule has 0 unspecified atom stereocenters. The second kappa shape index (κ2) is 3.40. The molecule has 0 spiro atoms. The maximum Gasteiger partial charge on any atom is 0.151 e. The number of aliphatic hydroxyl groups is 1. The van der Waals surface area contributed by atoms with E-state index in [0.29, 0.717) is 16.5 Å². The van der Waals surface area contributed by atoms with E-state index in [1.54, 1.807) is 17.5 Å². The van der Waals surface area contributed by atoms with Crippen LogP contribution < -0.4 is 0 Å². The molecule has 0 saturated heterocycles. The number of aliphatic hydroxyl groups excluding tert-OH is 1. The molecule has 2 N–H and O–H groups in total. The molecule has 0 atom stereocenters. The maximum absolute atomic E-state index is 10.7. The lowest BCUT2D eigenvalue weighted by Gasteiger charge is -1.99. The largest absolute Gasteiger partial charge is 0.506 e. The number of carbonyl (C=O) groups is 1. The van der Waals surface area contributed by atoms with E-state index in [1.165, 1.54) is 11.3 Å². The Morgan fingerprint density at radius 1 is 1.43 bits per heavy atom. The summed E-state index contributed by atoms with van der Waals surface area (Å²) in [4.78, 5) is 10.7. The fourth-order valence-electron chi connectivity index (χ4n) is 1.39. The van der Waals surface area contributed by atoms with Gasteiger partial charge in [-0.1, -0.05) is 0 Å². The Balaban J connectivity index is 2.82. The van der Waals surface area contributed by atoms with Gasteiger partial charge < -0.3 is 10.2 Å². The monoisotopic (exact) mass is 208 g/mol. The number of carbonyl (C=O) groups excluding carboxylic acids is 1. The number of benzene rings is 1. The van der Waals surface area contributed by atoms with Gasteiger partial charge in [-0.05, 0) is 17.7 Å². The van der Waals surface area contributed by atoms with Crippen molar-refractivity contribution >= 4 is 27.7 Å². The Labute approximate surface area is 84.2 Å². The minimum atomic E-state index is -0.133. The molecule has 2 rings (SSSR count). The van der Waals surface area contributed by atoms with Gasteiger partial charge in [0.05, 0.1) is 6.61 Å². The Morgan fingerprint density at radius 3 is 2.86 bits per heavy atom. The van der Waals surface area contributed by atoms with Gasteiger partial charge in [0, 0.05) is 21.0 Å². The molecule has 0 aliphatic carbocycles. The molecule has 0 amide bonds. The van der Waals surface area contributed by atoms with Crippen LogP contribution in [0.2, 0.25) is 0 Å². The van der Waals surface area contributed by atoms with Crippen LogP contribution in [0.4, 0.5) is 0 Å². The average Bonchev–Trinajstić information content (AvgIpc) is 2.59. The lowest BCUT2D eigenvalue weighted by molar-refractivity contribution is 0.112. The molecule has 0 aliphatic rings. The van der Waals surface area contributed by atoms with Gasteiger partial charge in [-0.25, -0.2) is 0 Å². The van der Waals surface area contributed by atoms with Crippen molar-refractivity contribution in [1.82, 2.24) is 0 Å². The first-order chi connectivity index (χ1) is 6.76. The van der Waals surface area contributed by atoms with Gasteiger partial charge in [0.1, 0.15) is 5.75 Å².